The van der Waals surface area contributed by atoms with Crippen LogP contribution in [0.4, 0.5) is 5.82 Å². The second kappa shape index (κ2) is 10.1. The number of fused-ring (bicyclic) bond motifs is 1. The molecule has 5 N–H and O–H groups in total. The molecule has 34 heavy (non-hydrogen) atoms. The Labute approximate surface area is 199 Å². The van der Waals surface area contributed by atoms with Gasteiger partial charge in [0, 0.05) is 6.04 Å². The maximum absolute atomic E-state index is 10.9. The van der Waals surface area contributed by atoms with Gasteiger partial charge in [-0.3, -0.25) is 4.57 Å². The van der Waals surface area contributed by atoms with Gasteiger partial charge in [0.2, 0.25) is 5.82 Å². The minimum atomic E-state index is -1.26. The van der Waals surface area contributed by atoms with Crippen molar-refractivity contribution in [1.82, 2.24) is 19.5 Å². The number of nitrogens with one attached hydrogen (secondary N) is 1. The van der Waals surface area contributed by atoms with E-state index in [2.05, 4.69) is 52.9 Å². The van der Waals surface area contributed by atoms with Crippen LogP contribution in [0.3, 0.4) is 0 Å². The van der Waals surface area contributed by atoms with Crippen LogP contribution >= 0.6 is 0 Å². The number of hydrogen-bond donors (Lipinski definition) is 5. The van der Waals surface area contributed by atoms with Gasteiger partial charge < -0.3 is 30.5 Å². The first kappa shape index (κ1) is 24.8. The minimum absolute atomic E-state index is 0.168. The van der Waals surface area contributed by atoms with Crippen LogP contribution in [0.15, 0.2) is 6.33 Å². The smallest absolute Gasteiger partial charge is 0.209 e. The Balaban J connectivity index is 1.76. The molecule has 4 rings (SSSR count). The van der Waals surface area contributed by atoms with Crippen molar-refractivity contribution in [2.75, 3.05) is 11.9 Å². The van der Waals surface area contributed by atoms with E-state index in [1.807, 2.05) is 0 Å². The van der Waals surface area contributed by atoms with Crippen LogP contribution in [0, 0.1) is 17.8 Å². The lowest BCUT2D eigenvalue weighted by Gasteiger charge is -2.30. The van der Waals surface area contributed by atoms with Crippen molar-refractivity contribution in [2.45, 2.75) is 95.5 Å². The molecule has 0 aromatic carbocycles. The third-order valence-electron chi connectivity index (χ3n) is 6.92. The van der Waals surface area contributed by atoms with Gasteiger partial charge in [-0.1, -0.05) is 33.1 Å². The highest BCUT2D eigenvalue weighted by atomic mass is 16.6. The van der Waals surface area contributed by atoms with E-state index >= 15 is 0 Å². The van der Waals surface area contributed by atoms with Crippen molar-refractivity contribution in [3.63, 3.8) is 0 Å². The summed E-state index contributed by atoms with van der Waals surface area (Å²) in [7, 11) is 0. The molecule has 1 saturated heterocycles. The largest absolute Gasteiger partial charge is 0.394 e. The standard InChI is InChI=1S/C24H35N5O5/c1-4-15(5-2)26-21-18-22(29(13-25-18)23-20(32)19(31)16(12-30)34-23)28-17(27-21)8-10-24(33)9-6-7-14(3)11-24/h13-16,19-20,23,30-33H,4-7,9,11-12H2,1-3H3,(H,26,27,28)/t14-,16-,19-,20-,23-,24-/m1/s1. The summed E-state index contributed by atoms with van der Waals surface area (Å²) in [5.41, 5.74) is -0.200. The van der Waals surface area contributed by atoms with Crippen LogP contribution in [0.25, 0.3) is 11.2 Å². The topological polar surface area (TPSA) is 146 Å². The Hall–Kier alpha value is -2.29. The van der Waals surface area contributed by atoms with Crippen LogP contribution in [0.1, 0.15) is 71.3 Å². The van der Waals surface area contributed by atoms with Crippen LogP contribution in [-0.4, -0.2) is 76.5 Å². The Kier molecular flexibility index (Phi) is 7.40. The van der Waals surface area contributed by atoms with E-state index in [1.165, 1.54) is 10.9 Å². The molecule has 3 heterocycles. The van der Waals surface area contributed by atoms with Gasteiger partial charge in [0.15, 0.2) is 23.2 Å². The van der Waals surface area contributed by atoms with Crippen molar-refractivity contribution in [2.24, 2.45) is 5.92 Å². The quantitative estimate of drug-likeness (QED) is 0.392. The molecule has 6 atom stereocenters. The molecule has 2 fully saturated rings. The van der Waals surface area contributed by atoms with Crippen molar-refractivity contribution in [3.8, 4) is 11.8 Å². The number of aliphatic hydroxyl groups excluding tert-OH is 3. The lowest BCUT2D eigenvalue weighted by Crippen LogP contribution is -2.33. The van der Waals surface area contributed by atoms with Crippen LogP contribution in [-0.2, 0) is 4.74 Å². The maximum atomic E-state index is 10.9. The summed E-state index contributed by atoms with van der Waals surface area (Å²) in [5.74, 6) is 7.10. The molecule has 1 aliphatic carbocycles. The lowest BCUT2D eigenvalue weighted by atomic mass is 9.79. The van der Waals surface area contributed by atoms with Crippen molar-refractivity contribution >= 4 is 17.0 Å². The fourth-order valence-corrected chi connectivity index (χ4v) is 4.86. The number of nitrogens with zero attached hydrogens (tertiary/aromatic N) is 4. The van der Waals surface area contributed by atoms with E-state index in [-0.39, 0.29) is 11.9 Å². The molecule has 1 aliphatic heterocycles. The molecule has 2 aromatic rings. The Bertz CT molecular complexity index is 1060. The molecule has 186 valence electrons. The highest BCUT2D eigenvalue weighted by Crippen LogP contribution is 2.33. The van der Waals surface area contributed by atoms with E-state index < -0.39 is 36.7 Å². The number of ether oxygens (including phenoxy) is 1. The summed E-state index contributed by atoms with van der Waals surface area (Å²) in [6.07, 6.45) is 2.09. The summed E-state index contributed by atoms with van der Waals surface area (Å²) >= 11 is 0. The predicted octanol–water partition coefficient (Wildman–Crippen LogP) is 1.33. The van der Waals surface area contributed by atoms with Gasteiger partial charge in [0.1, 0.15) is 23.9 Å². The summed E-state index contributed by atoms with van der Waals surface area (Å²) in [5, 5.41) is 44.6. The third kappa shape index (κ3) is 4.90. The molecule has 2 aromatic heterocycles. The van der Waals surface area contributed by atoms with Gasteiger partial charge >= 0.3 is 0 Å². The van der Waals surface area contributed by atoms with Crippen LogP contribution in [0.5, 0.6) is 0 Å². The second-order valence-corrected chi connectivity index (χ2v) is 9.59. The van der Waals surface area contributed by atoms with Gasteiger partial charge in [-0.25, -0.2) is 15.0 Å². The molecule has 0 spiro atoms. The fourth-order valence-electron chi connectivity index (χ4n) is 4.86. The van der Waals surface area contributed by atoms with E-state index in [1.54, 1.807) is 0 Å². The van der Waals surface area contributed by atoms with Crippen LogP contribution < -0.4 is 5.32 Å². The van der Waals surface area contributed by atoms with Gasteiger partial charge in [-0.2, -0.15) is 0 Å². The third-order valence-corrected chi connectivity index (χ3v) is 6.92. The maximum Gasteiger partial charge on any atom is 0.209 e. The summed E-state index contributed by atoms with van der Waals surface area (Å²) in [6, 6.07) is 0.168. The van der Waals surface area contributed by atoms with Crippen molar-refractivity contribution in [1.29, 1.82) is 0 Å². The van der Waals surface area contributed by atoms with Crippen LogP contribution in [0.2, 0.25) is 0 Å². The van der Waals surface area contributed by atoms with E-state index in [4.69, 9.17) is 4.74 Å². The lowest BCUT2D eigenvalue weighted by molar-refractivity contribution is -0.0511. The highest BCUT2D eigenvalue weighted by Gasteiger charge is 2.44. The zero-order valence-corrected chi connectivity index (χ0v) is 20.0. The van der Waals surface area contributed by atoms with Gasteiger partial charge in [0.05, 0.1) is 12.9 Å². The Morgan fingerprint density at radius 2 is 2.03 bits per heavy atom. The highest BCUT2D eigenvalue weighted by molar-refractivity contribution is 5.83. The normalized spacial score (nSPS) is 31.6. The molecule has 1 saturated carbocycles. The predicted molar refractivity (Wildman–Crippen MR) is 126 cm³/mol. The average molecular weight is 474 g/mol. The fraction of sp³-hybridized carbons (Fsp3) is 0.708. The average Bonchev–Trinajstić information content (AvgIpc) is 3.36. The molecule has 0 bridgehead atoms. The Morgan fingerprint density at radius 3 is 2.68 bits per heavy atom. The van der Waals surface area contributed by atoms with Gasteiger partial charge in [0.25, 0.3) is 0 Å². The zero-order chi connectivity index (χ0) is 24.5. The first-order chi connectivity index (χ1) is 16.3. The number of imidazole rings is 1. The second-order valence-electron chi connectivity index (χ2n) is 9.59. The number of hydrogen-bond acceptors (Lipinski definition) is 9. The molecule has 0 amide bonds. The summed E-state index contributed by atoms with van der Waals surface area (Å²) in [4.78, 5) is 13.6. The first-order valence-electron chi connectivity index (χ1n) is 12.2. The van der Waals surface area contributed by atoms with Gasteiger partial charge in [-0.05, 0) is 43.9 Å². The monoisotopic (exact) mass is 473 g/mol. The summed E-state index contributed by atoms with van der Waals surface area (Å²) in [6.45, 7) is 5.85. The minimum Gasteiger partial charge on any atom is -0.394 e. The van der Waals surface area contributed by atoms with Crippen molar-refractivity contribution in [3.05, 3.63) is 12.2 Å². The van der Waals surface area contributed by atoms with E-state index in [0.717, 1.165) is 25.7 Å². The van der Waals surface area contributed by atoms with Gasteiger partial charge in [-0.15, -0.1) is 0 Å². The molecular formula is C24H35N5O5. The number of rotatable bonds is 6. The Morgan fingerprint density at radius 1 is 1.26 bits per heavy atom. The molecule has 10 nitrogen and oxygen atoms in total. The summed E-state index contributed by atoms with van der Waals surface area (Å²) < 4.78 is 7.22. The molecule has 0 unspecified atom stereocenters. The van der Waals surface area contributed by atoms with Crippen molar-refractivity contribution < 1.29 is 25.2 Å². The van der Waals surface area contributed by atoms with E-state index in [0.29, 0.717) is 35.7 Å². The van der Waals surface area contributed by atoms with E-state index in [9.17, 15) is 20.4 Å². The molecule has 2 aliphatic rings. The first-order valence-corrected chi connectivity index (χ1v) is 12.2. The zero-order valence-electron chi connectivity index (χ0n) is 20.0. The number of aromatic nitrogens is 4. The molecular weight excluding hydrogens is 438 g/mol. The number of aliphatic hydroxyl groups is 4. The molecule has 0 radical (unpaired) electrons. The number of anilines is 1. The molecule has 10 heteroatoms. The SMILES string of the molecule is CCC(CC)Nc1nc(C#C[C@]2(O)CCC[C@@H](C)C2)nc2c1ncn2[C@@H]1O[C@H](CO)[C@@H](O)[C@H]1O.